The molecule has 0 aliphatic carbocycles. The van der Waals surface area contributed by atoms with Crippen LogP contribution >= 0.6 is 11.6 Å². The topological polar surface area (TPSA) is 114 Å². The molecule has 9 nitrogen and oxygen atoms in total. The molecule has 2 N–H and O–H groups in total. The number of hydrogen-bond donors (Lipinski definition) is 2. The van der Waals surface area contributed by atoms with Gasteiger partial charge in [-0.05, 0) is 54.5 Å². The van der Waals surface area contributed by atoms with Gasteiger partial charge >= 0.3 is 6.03 Å². The van der Waals surface area contributed by atoms with Crippen LogP contribution in [0.15, 0.2) is 78.4 Å². The molecule has 0 saturated carbocycles. The number of barbiturate groups is 1. The number of nitrogens with zero attached hydrogens (tertiary/aromatic N) is 1. The summed E-state index contributed by atoms with van der Waals surface area (Å²) in [7, 11) is 0. The van der Waals surface area contributed by atoms with E-state index in [9.17, 15) is 19.2 Å². The van der Waals surface area contributed by atoms with Gasteiger partial charge in [0.05, 0.1) is 12.3 Å². The van der Waals surface area contributed by atoms with E-state index in [1.165, 1.54) is 18.2 Å². The van der Waals surface area contributed by atoms with Crippen molar-refractivity contribution in [2.45, 2.75) is 13.5 Å². The highest BCUT2D eigenvalue weighted by molar-refractivity contribution is 6.39. The summed E-state index contributed by atoms with van der Waals surface area (Å²) in [5.41, 5.74) is 1.39. The SMILES string of the molecule is CCOc1cc(/C=C2/C(=O)NC(=O)N(c3cccc(Cl)c3)C2=O)ccc1OCC(=O)NCc1ccccc1. The summed E-state index contributed by atoms with van der Waals surface area (Å²) in [4.78, 5) is 51.1. The number of urea groups is 1. The summed E-state index contributed by atoms with van der Waals surface area (Å²) in [5.74, 6) is -1.29. The maximum absolute atomic E-state index is 13.1. The number of halogens is 1. The minimum absolute atomic E-state index is 0.225. The molecule has 38 heavy (non-hydrogen) atoms. The monoisotopic (exact) mass is 533 g/mol. The van der Waals surface area contributed by atoms with Crippen molar-refractivity contribution >= 4 is 47.1 Å². The highest BCUT2D eigenvalue weighted by Gasteiger charge is 2.36. The molecule has 1 aliphatic rings. The molecule has 3 aromatic rings. The number of carbonyl (C=O) groups is 4. The molecule has 194 valence electrons. The summed E-state index contributed by atoms with van der Waals surface area (Å²) in [6.45, 7) is 2.24. The molecule has 1 heterocycles. The Morgan fingerprint density at radius 1 is 0.974 bits per heavy atom. The van der Waals surface area contributed by atoms with Gasteiger partial charge in [0.2, 0.25) is 0 Å². The van der Waals surface area contributed by atoms with Crippen molar-refractivity contribution in [3.8, 4) is 11.5 Å². The lowest BCUT2D eigenvalue weighted by Gasteiger charge is -2.26. The van der Waals surface area contributed by atoms with E-state index in [1.54, 1.807) is 37.3 Å². The van der Waals surface area contributed by atoms with E-state index in [2.05, 4.69) is 10.6 Å². The molecular weight excluding hydrogens is 510 g/mol. The quantitative estimate of drug-likeness (QED) is 0.316. The van der Waals surface area contributed by atoms with Crippen LogP contribution in [0.1, 0.15) is 18.1 Å². The van der Waals surface area contributed by atoms with Crippen molar-refractivity contribution in [2.75, 3.05) is 18.1 Å². The lowest BCUT2D eigenvalue weighted by Crippen LogP contribution is -2.54. The average Bonchev–Trinajstić information content (AvgIpc) is 2.90. The molecule has 1 aliphatic heterocycles. The standard InChI is InChI=1S/C28H24ClN3O6/c1-2-37-24-14-19(11-12-23(24)38-17-25(33)30-16-18-7-4-3-5-8-18)13-22-26(34)31-28(36)32(27(22)35)21-10-6-9-20(29)15-21/h3-15H,2,16-17H2,1H3,(H,30,33)(H,31,34,36)/b22-13-. The van der Waals surface area contributed by atoms with Crippen LogP contribution in [0.2, 0.25) is 5.02 Å². The summed E-state index contributed by atoms with van der Waals surface area (Å²) in [6.07, 6.45) is 1.35. The van der Waals surface area contributed by atoms with Crippen molar-refractivity contribution < 1.29 is 28.7 Å². The Morgan fingerprint density at radius 3 is 2.50 bits per heavy atom. The fourth-order valence-electron chi connectivity index (χ4n) is 3.67. The summed E-state index contributed by atoms with van der Waals surface area (Å²) in [6, 6.07) is 19.5. The Labute approximate surface area is 224 Å². The van der Waals surface area contributed by atoms with Crippen LogP contribution in [0.3, 0.4) is 0 Å². The first kappa shape index (κ1) is 26.4. The third-order valence-electron chi connectivity index (χ3n) is 5.44. The normalized spacial score (nSPS) is 14.3. The molecule has 1 fully saturated rings. The van der Waals surface area contributed by atoms with E-state index >= 15 is 0 Å². The Balaban J connectivity index is 1.50. The van der Waals surface area contributed by atoms with Crippen molar-refractivity contribution in [3.05, 3.63) is 94.5 Å². The highest BCUT2D eigenvalue weighted by atomic mass is 35.5. The highest BCUT2D eigenvalue weighted by Crippen LogP contribution is 2.30. The zero-order valence-corrected chi connectivity index (χ0v) is 21.2. The van der Waals surface area contributed by atoms with Crippen LogP contribution in [0.25, 0.3) is 6.08 Å². The van der Waals surface area contributed by atoms with Gasteiger partial charge in [0.25, 0.3) is 17.7 Å². The van der Waals surface area contributed by atoms with E-state index in [-0.39, 0.29) is 23.8 Å². The molecule has 3 aromatic carbocycles. The van der Waals surface area contributed by atoms with Crippen molar-refractivity contribution in [2.24, 2.45) is 0 Å². The second-order valence-electron chi connectivity index (χ2n) is 8.13. The number of ether oxygens (including phenoxy) is 2. The first-order chi connectivity index (χ1) is 18.4. The predicted octanol–water partition coefficient (Wildman–Crippen LogP) is 4.10. The number of imide groups is 2. The largest absolute Gasteiger partial charge is 0.490 e. The molecule has 0 atom stereocenters. The molecule has 5 amide bonds. The van der Waals surface area contributed by atoms with Crippen molar-refractivity contribution in [1.82, 2.24) is 10.6 Å². The van der Waals surface area contributed by atoms with Gasteiger partial charge in [-0.15, -0.1) is 0 Å². The van der Waals surface area contributed by atoms with Gasteiger partial charge in [-0.3, -0.25) is 19.7 Å². The minimum Gasteiger partial charge on any atom is -0.490 e. The zero-order chi connectivity index (χ0) is 27.1. The lowest BCUT2D eigenvalue weighted by atomic mass is 10.1. The van der Waals surface area contributed by atoms with Crippen molar-refractivity contribution in [1.29, 1.82) is 0 Å². The molecule has 1 saturated heterocycles. The molecule has 0 spiro atoms. The third kappa shape index (κ3) is 6.37. The number of amides is 5. The van der Waals surface area contributed by atoms with E-state index in [1.807, 2.05) is 30.3 Å². The molecule has 0 aromatic heterocycles. The van der Waals surface area contributed by atoms with Crippen LogP contribution < -0.4 is 25.0 Å². The lowest BCUT2D eigenvalue weighted by molar-refractivity contribution is -0.124. The van der Waals surface area contributed by atoms with Crippen molar-refractivity contribution in [3.63, 3.8) is 0 Å². The maximum Gasteiger partial charge on any atom is 0.335 e. The Kier molecular flexibility index (Phi) is 8.40. The van der Waals surface area contributed by atoms with Gasteiger partial charge in [0.15, 0.2) is 18.1 Å². The Morgan fingerprint density at radius 2 is 1.76 bits per heavy atom. The third-order valence-corrected chi connectivity index (χ3v) is 5.67. The molecule has 10 heteroatoms. The minimum atomic E-state index is -0.872. The number of anilines is 1. The number of benzene rings is 3. The van der Waals surface area contributed by atoms with Crippen LogP contribution in [0.4, 0.5) is 10.5 Å². The Hall–Kier alpha value is -4.63. The molecular formula is C28H24ClN3O6. The van der Waals surface area contributed by atoms with Gasteiger partial charge in [0.1, 0.15) is 5.57 Å². The molecule has 0 unspecified atom stereocenters. The van der Waals surface area contributed by atoms with Gasteiger partial charge in [-0.1, -0.05) is 54.1 Å². The second-order valence-corrected chi connectivity index (χ2v) is 8.56. The van der Waals surface area contributed by atoms with Gasteiger partial charge in [0, 0.05) is 11.6 Å². The molecule has 4 rings (SSSR count). The van der Waals surface area contributed by atoms with Crippen LogP contribution in [0, 0.1) is 0 Å². The smallest absolute Gasteiger partial charge is 0.335 e. The first-order valence-corrected chi connectivity index (χ1v) is 12.1. The van der Waals surface area contributed by atoms with E-state index in [0.717, 1.165) is 10.5 Å². The van der Waals surface area contributed by atoms with Crippen LogP contribution in [-0.4, -0.2) is 37.0 Å². The summed E-state index contributed by atoms with van der Waals surface area (Å²) >= 11 is 6.01. The fraction of sp³-hybridized carbons (Fsp3) is 0.143. The number of nitrogens with one attached hydrogen (secondary N) is 2. The summed E-state index contributed by atoms with van der Waals surface area (Å²) < 4.78 is 11.3. The summed E-state index contributed by atoms with van der Waals surface area (Å²) in [5, 5.41) is 5.28. The molecule has 0 radical (unpaired) electrons. The van der Waals surface area contributed by atoms with Gasteiger partial charge in [-0.25, -0.2) is 9.69 Å². The first-order valence-electron chi connectivity index (χ1n) is 11.7. The number of rotatable bonds is 9. The Bertz CT molecular complexity index is 1410. The van der Waals surface area contributed by atoms with Gasteiger partial charge in [-0.2, -0.15) is 0 Å². The average molecular weight is 534 g/mol. The second kappa shape index (κ2) is 12.1. The van der Waals surface area contributed by atoms with Crippen LogP contribution in [-0.2, 0) is 20.9 Å². The number of carbonyl (C=O) groups excluding carboxylic acids is 4. The fourth-order valence-corrected chi connectivity index (χ4v) is 3.85. The van der Waals surface area contributed by atoms with E-state index in [0.29, 0.717) is 35.2 Å². The number of hydrogen-bond acceptors (Lipinski definition) is 6. The molecule has 0 bridgehead atoms. The van der Waals surface area contributed by atoms with Crippen LogP contribution in [0.5, 0.6) is 11.5 Å². The maximum atomic E-state index is 13.1. The van der Waals surface area contributed by atoms with E-state index < -0.39 is 17.8 Å². The predicted molar refractivity (Wildman–Crippen MR) is 142 cm³/mol. The zero-order valence-electron chi connectivity index (χ0n) is 20.4. The van der Waals surface area contributed by atoms with E-state index in [4.69, 9.17) is 21.1 Å². The van der Waals surface area contributed by atoms with Gasteiger partial charge < -0.3 is 14.8 Å².